The van der Waals surface area contributed by atoms with E-state index in [1.807, 2.05) is 39.9 Å². The third-order valence-electron chi connectivity index (χ3n) is 6.85. The van der Waals surface area contributed by atoms with E-state index in [-0.39, 0.29) is 5.91 Å². The number of hydrogen-bond acceptors (Lipinski definition) is 5. The van der Waals surface area contributed by atoms with E-state index in [4.69, 9.17) is 9.84 Å². The van der Waals surface area contributed by atoms with Crippen LogP contribution in [0.25, 0.3) is 16.9 Å². The van der Waals surface area contributed by atoms with E-state index in [0.717, 1.165) is 81.3 Å². The molecular formula is C27H33N5O2. The van der Waals surface area contributed by atoms with Crippen LogP contribution in [0.5, 0.6) is 5.75 Å². The number of para-hydroxylation sites is 1. The lowest BCUT2D eigenvalue weighted by atomic mass is 10.1. The summed E-state index contributed by atoms with van der Waals surface area (Å²) in [6.07, 6.45) is 4.44. The Morgan fingerprint density at radius 3 is 2.24 bits per heavy atom. The van der Waals surface area contributed by atoms with Gasteiger partial charge in [-0.3, -0.25) is 14.6 Å². The van der Waals surface area contributed by atoms with Crippen molar-refractivity contribution in [2.24, 2.45) is 0 Å². The predicted octanol–water partition coefficient (Wildman–Crippen LogP) is 3.29. The van der Waals surface area contributed by atoms with Crippen molar-refractivity contribution in [3.05, 3.63) is 66.4 Å². The summed E-state index contributed by atoms with van der Waals surface area (Å²) in [7, 11) is 1.68. The first-order valence-corrected chi connectivity index (χ1v) is 12.2. The number of carbonyl (C=O) groups excluding carboxylic acids is 1. The second kappa shape index (κ2) is 10.4. The first kappa shape index (κ1) is 22.6. The Kier molecular flexibility index (Phi) is 6.92. The van der Waals surface area contributed by atoms with Crippen LogP contribution in [0.2, 0.25) is 0 Å². The van der Waals surface area contributed by atoms with E-state index in [9.17, 15) is 4.79 Å². The quantitative estimate of drug-likeness (QED) is 0.543. The number of piperazine rings is 1. The summed E-state index contributed by atoms with van der Waals surface area (Å²) in [6.45, 7) is 6.99. The maximum absolute atomic E-state index is 12.5. The van der Waals surface area contributed by atoms with Gasteiger partial charge in [0.15, 0.2) is 0 Å². The molecule has 0 bridgehead atoms. The number of carbonyl (C=O) groups is 1. The van der Waals surface area contributed by atoms with Crippen LogP contribution in [0.3, 0.4) is 0 Å². The molecule has 0 atom stereocenters. The fourth-order valence-corrected chi connectivity index (χ4v) is 4.83. The molecule has 2 fully saturated rings. The summed E-state index contributed by atoms with van der Waals surface area (Å²) in [6, 6.07) is 18.3. The van der Waals surface area contributed by atoms with Crippen LogP contribution in [0, 0.1) is 0 Å². The summed E-state index contributed by atoms with van der Waals surface area (Å²) < 4.78 is 7.31. The standard InChI is InChI=1S/C27H33N5O2/c1-34-25-11-9-22(10-12-25)27-23(20-32(28-27)24-7-3-2-4-8-24)19-29-15-17-30(18-16-29)21-26(33)31-13-5-6-14-31/h2-4,7-12,20H,5-6,13-19,21H2,1H3. The normalized spacial score (nSPS) is 17.3. The molecule has 1 aromatic heterocycles. The molecule has 178 valence electrons. The number of aromatic nitrogens is 2. The second-order valence-electron chi connectivity index (χ2n) is 9.15. The molecule has 0 unspecified atom stereocenters. The van der Waals surface area contributed by atoms with Crippen molar-refractivity contribution < 1.29 is 9.53 Å². The Morgan fingerprint density at radius 1 is 0.882 bits per heavy atom. The van der Waals surface area contributed by atoms with Gasteiger partial charge in [-0.15, -0.1) is 0 Å². The van der Waals surface area contributed by atoms with Crippen molar-refractivity contribution in [3.63, 3.8) is 0 Å². The van der Waals surface area contributed by atoms with E-state index in [0.29, 0.717) is 6.54 Å². The van der Waals surface area contributed by atoms with E-state index < -0.39 is 0 Å². The van der Waals surface area contributed by atoms with E-state index in [1.54, 1.807) is 7.11 Å². The lowest BCUT2D eigenvalue weighted by molar-refractivity contribution is -0.131. The Morgan fingerprint density at radius 2 is 1.56 bits per heavy atom. The number of hydrogen-bond donors (Lipinski definition) is 0. The molecule has 3 aromatic rings. The molecule has 2 aliphatic rings. The molecule has 2 saturated heterocycles. The number of methoxy groups -OCH3 is 1. The zero-order chi connectivity index (χ0) is 23.3. The molecule has 34 heavy (non-hydrogen) atoms. The first-order chi connectivity index (χ1) is 16.7. The van der Waals surface area contributed by atoms with Gasteiger partial charge < -0.3 is 9.64 Å². The van der Waals surface area contributed by atoms with Gasteiger partial charge in [-0.05, 0) is 49.2 Å². The van der Waals surface area contributed by atoms with E-state index >= 15 is 0 Å². The van der Waals surface area contributed by atoms with Crippen LogP contribution >= 0.6 is 0 Å². The van der Waals surface area contributed by atoms with Crippen LogP contribution < -0.4 is 4.74 Å². The number of rotatable bonds is 7. The van der Waals surface area contributed by atoms with Gasteiger partial charge in [-0.25, -0.2) is 4.68 Å². The fourth-order valence-electron chi connectivity index (χ4n) is 4.83. The highest BCUT2D eigenvalue weighted by Gasteiger charge is 2.24. The summed E-state index contributed by atoms with van der Waals surface area (Å²) >= 11 is 0. The lowest BCUT2D eigenvalue weighted by Gasteiger charge is -2.34. The molecule has 1 amide bonds. The number of nitrogens with zero attached hydrogens (tertiary/aromatic N) is 5. The maximum atomic E-state index is 12.5. The molecule has 0 radical (unpaired) electrons. The van der Waals surface area contributed by atoms with Crippen LogP contribution in [0.4, 0.5) is 0 Å². The molecule has 3 heterocycles. The zero-order valence-corrected chi connectivity index (χ0v) is 19.9. The van der Waals surface area contributed by atoms with Gasteiger partial charge in [-0.1, -0.05) is 18.2 Å². The molecule has 0 aliphatic carbocycles. The summed E-state index contributed by atoms with van der Waals surface area (Å²) in [5.41, 5.74) is 4.34. The van der Waals surface area contributed by atoms with Crippen molar-refractivity contribution in [1.82, 2.24) is 24.5 Å². The SMILES string of the molecule is COc1ccc(-c2nn(-c3ccccc3)cc2CN2CCN(CC(=O)N3CCCC3)CC2)cc1. The number of benzene rings is 2. The Bertz CT molecular complexity index is 1080. The highest BCUT2D eigenvalue weighted by Crippen LogP contribution is 2.27. The minimum Gasteiger partial charge on any atom is -0.497 e. The van der Waals surface area contributed by atoms with Gasteiger partial charge in [-0.2, -0.15) is 5.10 Å². The van der Waals surface area contributed by atoms with Gasteiger partial charge >= 0.3 is 0 Å². The lowest BCUT2D eigenvalue weighted by Crippen LogP contribution is -2.49. The third-order valence-corrected chi connectivity index (χ3v) is 6.85. The summed E-state index contributed by atoms with van der Waals surface area (Å²) in [4.78, 5) is 19.3. The molecule has 2 aromatic carbocycles. The van der Waals surface area contributed by atoms with Crippen LogP contribution in [0.15, 0.2) is 60.8 Å². The van der Waals surface area contributed by atoms with Crippen molar-refractivity contribution >= 4 is 5.91 Å². The minimum atomic E-state index is 0.289. The van der Waals surface area contributed by atoms with Crippen LogP contribution in [-0.2, 0) is 11.3 Å². The minimum absolute atomic E-state index is 0.289. The predicted molar refractivity (Wildman–Crippen MR) is 133 cm³/mol. The summed E-state index contributed by atoms with van der Waals surface area (Å²) in [5, 5.41) is 4.96. The monoisotopic (exact) mass is 459 g/mol. The van der Waals surface area contributed by atoms with Crippen molar-refractivity contribution in [2.45, 2.75) is 19.4 Å². The fraction of sp³-hybridized carbons (Fsp3) is 0.407. The van der Waals surface area contributed by atoms with Crippen molar-refractivity contribution in [2.75, 3.05) is 52.9 Å². The zero-order valence-electron chi connectivity index (χ0n) is 19.9. The van der Waals surface area contributed by atoms with Crippen molar-refractivity contribution in [1.29, 1.82) is 0 Å². The highest BCUT2D eigenvalue weighted by molar-refractivity contribution is 5.78. The Balaban J connectivity index is 1.28. The van der Waals surface area contributed by atoms with Crippen LogP contribution in [0.1, 0.15) is 18.4 Å². The first-order valence-electron chi connectivity index (χ1n) is 12.2. The molecule has 0 spiro atoms. The molecule has 0 saturated carbocycles. The Hall–Kier alpha value is -3.16. The summed E-state index contributed by atoms with van der Waals surface area (Å²) in [5.74, 6) is 1.13. The molecule has 2 aliphatic heterocycles. The Labute approximate surface area is 201 Å². The highest BCUT2D eigenvalue weighted by atomic mass is 16.5. The average molecular weight is 460 g/mol. The largest absolute Gasteiger partial charge is 0.497 e. The average Bonchev–Trinajstić information content (AvgIpc) is 3.57. The van der Waals surface area contributed by atoms with Gasteiger partial charge in [0, 0.05) is 63.1 Å². The topological polar surface area (TPSA) is 53.8 Å². The molecule has 7 heteroatoms. The van der Waals surface area contributed by atoms with E-state index in [1.165, 1.54) is 5.56 Å². The van der Waals surface area contributed by atoms with E-state index in [2.05, 4.69) is 40.3 Å². The maximum Gasteiger partial charge on any atom is 0.236 e. The van der Waals surface area contributed by atoms with Gasteiger partial charge in [0.2, 0.25) is 5.91 Å². The van der Waals surface area contributed by atoms with Gasteiger partial charge in [0.25, 0.3) is 0 Å². The van der Waals surface area contributed by atoms with Crippen molar-refractivity contribution in [3.8, 4) is 22.7 Å². The molecule has 5 rings (SSSR count). The van der Waals surface area contributed by atoms with Gasteiger partial charge in [0.05, 0.1) is 25.0 Å². The molecular weight excluding hydrogens is 426 g/mol. The van der Waals surface area contributed by atoms with Gasteiger partial charge in [0.1, 0.15) is 5.75 Å². The third kappa shape index (κ3) is 5.16. The number of amides is 1. The molecule has 0 N–H and O–H groups in total. The second-order valence-corrected chi connectivity index (χ2v) is 9.15. The number of likely N-dealkylation sites (tertiary alicyclic amines) is 1. The number of ether oxygens (including phenoxy) is 1. The van der Waals surface area contributed by atoms with Crippen LogP contribution in [-0.4, -0.2) is 83.3 Å². The smallest absolute Gasteiger partial charge is 0.236 e. The molecule has 7 nitrogen and oxygen atoms in total.